The Morgan fingerprint density at radius 3 is 2.52 bits per heavy atom. The summed E-state index contributed by atoms with van der Waals surface area (Å²) in [5, 5.41) is 3.43. The van der Waals surface area contributed by atoms with Gasteiger partial charge in [0.1, 0.15) is 0 Å². The van der Waals surface area contributed by atoms with Gasteiger partial charge in [-0.1, -0.05) is 24.3 Å². The van der Waals surface area contributed by atoms with E-state index in [2.05, 4.69) is 36.5 Å². The fourth-order valence-electron chi connectivity index (χ4n) is 2.69. The molecule has 0 unspecified atom stereocenters. The number of amides is 1. The van der Waals surface area contributed by atoms with Gasteiger partial charge in [0.2, 0.25) is 5.91 Å². The highest BCUT2D eigenvalue weighted by Gasteiger charge is 2.21. The fourth-order valence-corrected chi connectivity index (χ4v) is 2.69. The Morgan fingerprint density at radius 2 is 1.86 bits per heavy atom. The molecule has 1 aliphatic heterocycles. The second-order valence-electron chi connectivity index (χ2n) is 5.48. The van der Waals surface area contributed by atoms with Crippen molar-refractivity contribution in [2.45, 2.75) is 26.3 Å². The maximum Gasteiger partial charge on any atom is 0.227 e. The largest absolute Gasteiger partial charge is 0.381 e. The molecule has 3 heteroatoms. The number of hydrogen-bond acceptors (Lipinski definition) is 2. The summed E-state index contributed by atoms with van der Waals surface area (Å²) in [4.78, 5) is 13.6. The van der Waals surface area contributed by atoms with Gasteiger partial charge >= 0.3 is 0 Å². The highest BCUT2D eigenvalue weighted by atomic mass is 16.2. The van der Waals surface area contributed by atoms with Gasteiger partial charge < -0.3 is 10.2 Å². The molecule has 2 aromatic carbocycles. The highest BCUT2D eigenvalue weighted by Crippen LogP contribution is 2.23. The zero-order chi connectivity index (χ0) is 14.7. The number of carbonyl (C=O) groups excluding carboxylic acids is 1. The SMILES string of the molecule is Cc1ccccc1CNc1ccc(N2CCCC2=O)cc1. The first-order valence-corrected chi connectivity index (χ1v) is 7.43. The standard InChI is InChI=1S/C18H20N2O/c1-14-5-2-3-6-15(14)13-19-16-8-10-17(11-9-16)20-12-4-7-18(20)21/h2-3,5-6,8-11,19H,4,7,12-13H2,1H3. The summed E-state index contributed by atoms with van der Waals surface area (Å²) in [5.41, 5.74) is 4.67. The monoisotopic (exact) mass is 280 g/mol. The lowest BCUT2D eigenvalue weighted by Crippen LogP contribution is -2.23. The highest BCUT2D eigenvalue weighted by molar-refractivity contribution is 5.95. The Bertz CT molecular complexity index is 634. The summed E-state index contributed by atoms with van der Waals surface area (Å²) >= 11 is 0. The van der Waals surface area contributed by atoms with E-state index in [1.807, 2.05) is 29.2 Å². The average molecular weight is 280 g/mol. The van der Waals surface area contributed by atoms with Crippen molar-refractivity contribution in [2.75, 3.05) is 16.8 Å². The molecule has 1 aliphatic rings. The molecule has 1 N–H and O–H groups in total. The molecule has 108 valence electrons. The fraction of sp³-hybridized carbons (Fsp3) is 0.278. The number of nitrogens with zero attached hydrogens (tertiary/aromatic N) is 1. The van der Waals surface area contributed by atoms with Gasteiger partial charge in [0.25, 0.3) is 0 Å². The van der Waals surface area contributed by atoms with Crippen molar-refractivity contribution in [3.05, 3.63) is 59.7 Å². The van der Waals surface area contributed by atoms with Crippen LogP contribution < -0.4 is 10.2 Å². The van der Waals surface area contributed by atoms with E-state index in [0.29, 0.717) is 6.42 Å². The molecule has 0 aromatic heterocycles. The quantitative estimate of drug-likeness (QED) is 0.925. The minimum atomic E-state index is 0.232. The summed E-state index contributed by atoms with van der Waals surface area (Å²) in [5.74, 6) is 0.232. The van der Waals surface area contributed by atoms with E-state index < -0.39 is 0 Å². The lowest BCUT2D eigenvalue weighted by atomic mass is 10.1. The molecule has 1 heterocycles. The second kappa shape index (κ2) is 6.00. The molecule has 0 saturated carbocycles. The van der Waals surface area contributed by atoms with Gasteiger partial charge in [0.05, 0.1) is 0 Å². The minimum Gasteiger partial charge on any atom is -0.381 e. The molecular weight excluding hydrogens is 260 g/mol. The normalized spacial score (nSPS) is 14.5. The predicted molar refractivity (Wildman–Crippen MR) is 86.5 cm³/mol. The van der Waals surface area contributed by atoms with E-state index >= 15 is 0 Å². The summed E-state index contributed by atoms with van der Waals surface area (Å²) in [6.45, 7) is 3.78. The Hall–Kier alpha value is -2.29. The van der Waals surface area contributed by atoms with E-state index in [-0.39, 0.29) is 5.91 Å². The van der Waals surface area contributed by atoms with Crippen LogP contribution in [0.15, 0.2) is 48.5 Å². The van der Waals surface area contributed by atoms with Crippen LogP contribution in [0.4, 0.5) is 11.4 Å². The van der Waals surface area contributed by atoms with Crippen LogP contribution in [0.25, 0.3) is 0 Å². The summed E-state index contributed by atoms with van der Waals surface area (Å²) < 4.78 is 0. The van der Waals surface area contributed by atoms with Crippen LogP contribution in [0.3, 0.4) is 0 Å². The number of aryl methyl sites for hydroxylation is 1. The van der Waals surface area contributed by atoms with Gasteiger partial charge in [-0.15, -0.1) is 0 Å². The first-order valence-electron chi connectivity index (χ1n) is 7.43. The van der Waals surface area contributed by atoms with Crippen LogP contribution in [-0.2, 0) is 11.3 Å². The Balaban J connectivity index is 1.65. The van der Waals surface area contributed by atoms with E-state index in [1.54, 1.807) is 0 Å². The molecule has 0 spiro atoms. The van der Waals surface area contributed by atoms with Crippen molar-refractivity contribution >= 4 is 17.3 Å². The van der Waals surface area contributed by atoms with Crippen molar-refractivity contribution in [1.29, 1.82) is 0 Å². The third-order valence-electron chi connectivity index (χ3n) is 4.00. The number of benzene rings is 2. The number of carbonyl (C=O) groups is 1. The second-order valence-corrected chi connectivity index (χ2v) is 5.48. The molecule has 21 heavy (non-hydrogen) atoms. The van der Waals surface area contributed by atoms with Crippen molar-refractivity contribution in [2.24, 2.45) is 0 Å². The van der Waals surface area contributed by atoms with Crippen LogP contribution in [0.2, 0.25) is 0 Å². The molecule has 3 nitrogen and oxygen atoms in total. The van der Waals surface area contributed by atoms with Crippen molar-refractivity contribution < 1.29 is 4.79 Å². The Labute approximate surface area is 125 Å². The average Bonchev–Trinajstić information content (AvgIpc) is 2.93. The Morgan fingerprint density at radius 1 is 1.10 bits per heavy atom. The molecule has 1 fully saturated rings. The van der Waals surface area contributed by atoms with E-state index in [9.17, 15) is 4.79 Å². The molecule has 0 radical (unpaired) electrons. The number of rotatable bonds is 4. The summed E-state index contributed by atoms with van der Waals surface area (Å²) in [6, 6.07) is 16.5. The molecule has 0 aliphatic carbocycles. The number of hydrogen-bond donors (Lipinski definition) is 1. The smallest absolute Gasteiger partial charge is 0.227 e. The van der Waals surface area contributed by atoms with Crippen LogP contribution in [0.5, 0.6) is 0 Å². The minimum absolute atomic E-state index is 0.232. The van der Waals surface area contributed by atoms with Crippen molar-refractivity contribution in [1.82, 2.24) is 0 Å². The van der Waals surface area contributed by atoms with E-state index in [0.717, 1.165) is 30.9 Å². The molecule has 3 rings (SSSR count). The summed E-state index contributed by atoms with van der Waals surface area (Å²) in [6.07, 6.45) is 1.64. The van der Waals surface area contributed by atoms with E-state index in [1.165, 1.54) is 11.1 Å². The number of anilines is 2. The van der Waals surface area contributed by atoms with Gasteiger partial charge in [-0.25, -0.2) is 0 Å². The van der Waals surface area contributed by atoms with Crippen LogP contribution >= 0.6 is 0 Å². The zero-order valence-corrected chi connectivity index (χ0v) is 12.3. The molecule has 2 aromatic rings. The van der Waals surface area contributed by atoms with Crippen LogP contribution in [-0.4, -0.2) is 12.5 Å². The van der Waals surface area contributed by atoms with Gasteiger partial charge in [-0.2, -0.15) is 0 Å². The van der Waals surface area contributed by atoms with Gasteiger partial charge in [-0.05, 0) is 48.7 Å². The Kier molecular flexibility index (Phi) is 3.91. The molecular formula is C18H20N2O. The molecule has 1 amide bonds. The third-order valence-corrected chi connectivity index (χ3v) is 4.00. The van der Waals surface area contributed by atoms with Crippen molar-refractivity contribution in [3.63, 3.8) is 0 Å². The van der Waals surface area contributed by atoms with Gasteiger partial charge in [0, 0.05) is 30.9 Å². The first kappa shape index (κ1) is 13.7. The maximum absolute atomic E-state index is 11.7. The number of nitrogens with one attached hydrogen (secondary N) is 1. The molecule has 0 bridgehead atoms. The van der Waals surface area contributed by atoms with Crippen molar-refractivity contribution in [3.8, 4) is 0 Å². The molecule has 1 saturated heterocycles. The lowest BCUT2D eigenvalue weighted by molar-refractivity contribution is -0.117. The van der Waals surface area contributed by atoms with E-state index in [4.69, 9.17) is 0 Å². The topological polar surface area (TPSA) is 32.3 Å². The molecule has 0 atom stereocenters. The van der Waals surface area contributed by atoms with Crippen LogP contribution in [0, 0.1) is 6.92 Å². The van der Waals surface area contributed by atoms with Gasteiger partial charge in [0.15, 0.2) is 0 Å². The van der Waals surface area contributed by atoms with Gasteiger partial charge in [-0.3, -0.25) is 4.79 Å². The predicted octanol–water partition coefficient (Wildman–Crippen LogP) is 3.73. The maximum atomic E-state index is 11.7. The van der Waals surface area contributed by atoms with Crippen LogP contribution in [0.1, 0.15) is 24.0 Å². The lowest BCUT2D eigenvalue weighted by Gasteiger charge is -2.16. The zero-order valence-electron chi connectivity index (χ0n) is 12.3. The third kappa shape index (κ3) is 3.07. The summed E-state index contributed by atoms with van der Waals surface area (Å²) in [7, 11) is 0. The first-order chi connectivity index (χ1) is 10.2.